The van der Waals surface area contributed by atoms with Crippen molar-refractivity contribution in [1.82, 2.24) is 5.43 Å². The highest BCUT2D eigenvalue weighted by atomic mass is 35.5. The molecule has 0 saturated heterocycles. The van der Waals surface area contributed by atoms with E-state index < -0.39 is 11.6 Å². The van der Waals surface area contributed by atoms with Crippen molar-refractivity contribution in [3.05, 3.63) is 69.2 Å². The van der Waals surface area contributed by atoms with Gasteiger partial charge in [0.25, 0.3) is 0 Å². The van der Waals surface area contributed by atoms with Crippen LogP contribution in [-0.4, -0.2) is 0 Å². The Labute approximate surface area is 125 Å². The number of hydrogen-bond donors (Lipinski definition) is 2. The standard InChI is InChI=1S/C14H12Cl2F2N2/c15-9-1-2-12(13(16)6-9)14(20-19)5-8-3-10(17)7-11(18)4-8/h1-4,6-7,14,20H,5,19H2. The maximum absolute atomic E-state index is 13.2. The van der Waals surface area contributed by atoms with Crippen molar-refractivity contribution in [2.24, 2.45) is 5.84 Å². The van der Waals surface area contributed by atoms with Crippen LogP contribution in [0.5, 0.6) is 0 Å². The van der Waals surface area contributed by atoms with E-state index in [9.17, 15) is 8.78 Å². The van der Waals surface area contributed by atoms with Gasteiger partial charge < -0.3 is 0 Å². The molecule has 0 heterocycles. The van der Waals surface area contributed by atoms with Crippen LogP contribution in [0.15, 0.2) is 36.4 Å². The summed E-state index contributed by atoms with van der Waals surface area (Å²) in [6.45, 7) is 0. The summed E-state index contributed by atoms with van der Waals surface area (Å²) in [5.41, 5.74) is 3.79. The van der Waals surface area contributed by atoms with E-state index in [0.717, 1.165) is 6.07 Å². The number of nitrogens with one attached hydrogen (secondary N) is 1. The van der Waals surface area contributed by atoms with Crippen LogP contribution in [0.4, 0.5) is 8.78 Å². The van der Waals surface area contributed by atoms with Gasteiger partial charge in [0.2, 0.25) is 0 Å². The highest BCUT2D eigenvalue weighted by Gasteiger charge is 2.15. The number of nitrogens with two attached hydrogens (primary N) is 1. The first-order valence-electron chi connectivity index (χ1n) is 5.85. The summed E-state index contributed by atoms with van der Waals surface area (Å²) in [6, 6.07) is 7.97. The van der Waals surface area contributed by atoms with E-state index in [1.54, 1.807) is 18.2 Å². The minimum atomic E-state index is -0.627. The molecule has 2 aromatic carbocycles. The Morgan fingerprint density at radius 2 is 1.70 bits per heavy atom. The zero-order chi connectivity index (χ0) is 14.7. The monoisotopic (exact) mass is 316 g/mol. The van der Waals surface area contributed by atoms with Crippen molar-refractivity contribution in [3.63, 3.8) is 0 Å². The Kier molecular flexibility index (Phi) is 4.94. The second-order valence-electron chi connectivity index (χ2n) is 4.37. The zero-order valence-corrected chi connectivity index (χ0v) is 11.8. The van der Waals surface area contributed by atoms with Crippen molar-refractivity contribution >= 4 is 23.2 Å². The van der Waals surface area contributed by atoms with Gasteiger partial charge in [-0.05, 0) is 41.8 Å². The first-order chi connectivity index (χ1) is 9.49. The van der Waals surface area contributed by atoms with Gasteiger partial charge in [0.05, 0.1) is 6.04 Å². The van der Waals surface area contributed by atoms with Crippen LogP contribution in [0, 0.1) is 11.6 Å². The fraction of sp³-hybridized carbons (Fsp3) is 0.143. The molecular weight excluding hydrogens is 305 g/mol. The average molecular weight is 317 g/mol. The quantitative estimate of drug-likeness (QED) is 0.660. The lowest BCUT2D eigenvalue weighted by Gasteiger charge is -2.18. The molecule has 0 fully saturated rings. The topological polar surface area (TPSA) is 38.0 Å². The second-order valence-corrected chi connectivity index (χ2v) is 5.21. The van der Waals surface area contributed by atoms with Crippen LogP contribution < -0.4 is 11.3 Å². The van der Waals surface area contributed by atoms with E-state index in [4.69, 9.17) is 29.0 Å². The lowest BCUT2D eigenvalue weighted by atomic mass is 9.99. The minimum Gasteiger partial charge on any atom is -0.271 e. The Morgan fingerprint density at radius 3 is 2.25 bits per heavy atom. The molecule has 1 unspecified atom stereocenters. The van der Waals surface area contributed by atoms with Crippen molar-refractivity contribution in [1.29, 1.82) is 0 Å². The molecule has 6 heteroatoms. The van der Waals surface area contributed by atoms with Gasteiger partial charge in [-0.15, -0.1) is 0 Å². The molecule has 3 N–H and O–H groups in total. The van der Waals surface area contributed by atoms with Gasteiger partial charge in [-0.1, -0.05) is 29.3 Å². The lowest BCUT2D eigenvalue weighted by Crippen LogP contribution is -2.29. The van der Waals surface area contributed by atoms with Gasteiger partial charge in [-0.2, -0.15) is 0 Å². The molecular formula is C14H12Cl2F2N2. The van der Waals surface area contributed by atoms with E-state index in [2.05, 4.69) is 5.43 Å². The molecule has 0 amide bonds. The van der Waals surface area contributed by atoms with E-state index in [1.807, 2.05) is 0 Å². The predicted octanol–water partition coefficient (Wildman–Crippen LogP) is 4.02. The summed E-state index contributed by atoms with van der Waals surface area (Å²) in [5, 5.41) is 0.948. The van der Waals surface area contributed by atoms with Gasteiger partial charge in [0, 0.05) is 16.1 Å². The largest absolute Gasteiger partial charge is 0.271 e. The fourth-order valence-electron chi connectivity index (χ4n) is 2.01. The van der Waals surface area contributed by atoms with Gasteiger partial charge in [0.15, 0.2) is 0 Å². The van der Waals surface area contributed by atoms with Crippen LogP contribution in [0.3, 0.4) is 0 Å². The molecule has 0 aliphatic heterocycles. The molecule has 2 aromatic rings. The predicted molar refractivity (Wildman–Crippen MR) is 76.6 cm³/mol. The summed E-state index contributed by atoms with van der Waals surface area (Å²) < 4.78 is 26.4. The summed E-state index contributed by atoms with van der Waals surface area (Å²) in [6.07, 6.45) is 0.298. The molecule has 0 saturated carbocycles. The number of rotatable bonds is 4. The molecule has 20 heavy (non-hydrogen) atoms. The third-order valence-electron chi connectivity index (χ3n) is 2.90. The molecule has 0 aliphatic carbocycles. The fourth-order valence-corrected chi connectivity index (χ4v) is 2.55. The van der Waals surface area contributed by atoms with Crippen molar-refractivity contribution in [2.75, 3.05) is 0 Å². The maximum atomic E-state index is 13.2. The highest BCUT2D eigenvalue weighted by molar-refractivity contribution is 6.35. The van der Waals surface area contributed by atoms with Crippen molar-refractivity contribution < 1.29 is 8.78 Å². The van der Waals surface area contributed by atoms with E-state index in [-0.39, 0.29) is 6.04 Å². The lowest BCUT2D eigenvalue weighted by molar-refractivity contribution is 0.540. The van der Waals surface area contributed by atoms with Crippen LogP contribution in [0.25, 0.3) is 0 Å². The zero-order valence-electron chi connectivity index (χ0n) is 10.3. The van der Waals surface area contributed by atoms with Gasteiger partial charge in [0.1, 0.15) is 11.6 Å². The molecule has 1 atom stereocenters. The summed E-state index contributed by atoms with van der Waals surface area (Å²) >= 11 is 11.9. The Bertz CT molecular complexity index is 600. The third-order valence-corrected chi connectivity index (χ3v) is 3.46. The SMILES string of the molecule is NNC(Cc1cc(F)cc(F)c1)c1ccc(Cl)cc1Cl. The van der Waals surface area contributed by atoms with E-state index in [0.29, 0.717) is 27.6 Å². The molecule has 0 radical (unpaired) electrons. The molecule has 0 spiro atoms. The first-order valence-corrected chi connectivity index (χ1v) is 6.61. The van der Waals surface area contributed by atoms with Crippen LogP contribution in [0.2, 0.25) is 10.0 Å². The van der Waals surface area contributed by atoms with Crippen LogP contribution in [-0.2, 0) is 6.42 Å². The average Bonchev–Trinajstić information content (AvgIpc) is 2.35. The highest BCUT2D eigenvalue weighted by Crippen LogP contribution is 2.28. The second kappa shape index (κ2) is 6.50. The molecule has 0 aliphatic rings. The third kappa shape index (κ3) is 3.67. The van der Waals surface area contributed by atoms with Crippen molar-refractivity contribution in [3.8, 4) is 0 Å². The molecule has 2 rings (SSSR count). The number of hydrazine groups is 1. The molecule has 0 bridgehead atoms. The smallest absolute Gasteiger partial charge is 0.126 e. The number of halogens is 4. The minimum absolute atomic E-state index is 0.298. The maximum Gasteiger partial charge on any atom is 0.126 e. The summed E-state index contributed by atoms with van der Waals surface area (Å²) in [5.74, 6) is 4.25. The first kappa shape index (κ1) is 15.2. The summed E-state index contributed by atoms with van der Waals surface area (Å²) in [7, 11) is 0. The van der Waals surface area contributed by atoms with Crippen LogP contribution in [0.1, 0.15) is 17.2 Å². The van der Waals surface area contributed by atoms with Gasteiger partial charge in [-0.25, -0.2) is 8.78 Å². The Hall–Kier alpha value is -1.20. The van der Waals surface area contributed by atoms with Gasteiger partial charge in [-0.3, -0.25) is 11.3 Å². The number of benzene rings is 2. The number of hydrogen-bond acceptors (Lipinski definition) is 2. The normalized spacial score (nSPS) is 12.4. The molecule has 0 aromatic heterocycles. The Balaban J connectivity index is 2.28. The molecule has 2 nitrogen and oxygen atoms in total. The molecule has 106 valence electrons. The van der Waals surface area contributed by atoms with Crippen LogP contribution >= 0.6 is 23.2 Å². The van der Waals surface area contributed by atoms with E-state index >= 15 is 0 Å². The van der Waals surface area contributed by atoms with Gasteiger partial charge >= 0.3 is 0 Å². The van der Waals surface area contributed by atoms with E-state index in [1.165, 1.54) is 12.1 Å². The Morgan fingerprint density at radius 1 is 1.05 bits per heavy atom. The summed E-state index contributed by atoms with van der Waals surface area (Å²) in [4.78, 5) is 0. The van der Waals surface area contributed by atoms with Crippen molar-refractivity contribution in [2.45, 2.75) is 12.5 Å².